The first-order chi connectivity index (χ1) is 12.3. The average molecular weight is 376 g/mol. The predicted molar refractivity (Wildman–Crippen MR) is 97.2 cm³/mol. The molecule has 0 N–H and O–H groups in total. The van der Waals surface area contributed by atoms with Gasteiger partial charge in [0.2, 0.25) is 5.95 Å². The Bertz CT molecular complexity index is 948. The van der Waals surface area contributed by atoms with Crippen molar-refractivity contribution in [3.63, 3.8) is 0 Å². The lowest BCUT2D eigenvalue weighted by atomic mass is 10.00. The number of anilines is 1. The standard InChI is InChI=1S/C18H21FN4O2S/c1-22(2)18-20-7-13-11-26(24,25)16-10-23(9-14(16)17(13)21-18)8-12-5-3-4-6-15(12)19/h3-7,14,16H,8-11H2,1-2H3/t14-,16+/m0/s1. The topological polar surface area (TPSA) is 66.4 Å². The summed E-state index contributed by atoms with van der Waals surface area (Å²) in [4.78, 5) is 12.7. The van der Waals surface area contributed by atoms with Crippen LogP contribution in [0.2, 0.25) is 0 Å². The van der Waals surface area contributed by atoms with E-state index >= 15 is 0 Å². The molecule has 1 aromatic heterocycles. The summed E-state index contributed by atoms with van der Waals surface area (Å²) in [6.45, 7) is 1.35. The van der Waals surface area contributed by atoms with Gasteiger partial charge in [0.15, 0.2) is 9.84 Å². The molecule has 0 aliphatic carbocycles. The van der Waals surface area contributed by atoms with E-state index in [0.29, 0.717) is 36.7 Å². The van der Waals surface area contributed by atoms with Gasteiger partial charge in [-0.3, -0.25) is 4.90 Å². The van der Waals surface area contributed by atoms with Crippen LogP contribution in [0.5, 0.6) is 0 Å². The number of likely N-dealkylation sites (tertiary alicyclic amines) is 1. The van der Waals surface area contributed by atoms with Crippen molar-refractivity contribution < 1.29 is 12.8 Å². The lowest BCUT2D eigenvalue weighted by molar-refractivity contribution is 0.321. The molecule has 2 aliphatic heterocycles. The van der Waals surface area contributed by atoms with Crippen LogP contribution in [-0.4, -0.2) is 55.7 Å². The molecule has 0 spiro atoms. The molecular weight excluding hydrogens is 355 g/mol. The molecule has 0 radical (unpaired) electrons. The molecule has 0 saturated carbocycles. The molecule has 3 heterocycles. The minimum atomic E-state index is -3.27. The van der Waals surface area contributed by atoms with E-state index in [-0.39, 0.29) is 17.5 Å². The minimum absolute atomic E-state index is 0.0231. The Morgan fingerprint density at radius 2 is 2.04 bits per heavy atom. The van der Waals surface area contributed by atoms with Gasteiger partial charge in [-0.25, -0.2) is 22.8 Å². The van der Waals surface area contributed by atoms with Gasteiger partial charge in [-0.05, 0) is 6.07 Å². The third kappa shape index (κ3) is 2.97. The summed E-state index contributed by atoms with van der Waals surface area (Å²) in [7, 11) is 0.447. The molecule has 8 heteroatoms. The van der Waals surface area contributed by atoms with Crippen molar-refractivity contribution in [3.8, 4) is 0 Å². The lowest BCUT2D eigenvalue weighted by Gasteiger charge is -2.27. The zero-order valence-electron chi connectivity index (χ0n) is 14.8. The fourth-order valence-electron chi connectivity index (χ4n) is 3.86. The van der Waals surface area contributed by atoms with E-state index in [1.165, 1.54) is 6.07 Å². The van der Waals surface area contributed by atoms with Gasteiger partial charge in [0.1, 0.15) is 5.82 Å². The van der Waals surface area contributed by atoms with Crippen molar-refractivity contribution in [2.75, 3.05) is 32.1 Å². The van der Waals surface area contributed by atoms with Crippen LogP contribution in [0.3, 0.4) is 0 Å². The van der Waals surface area contributed by atoms with E-state index in [2.05, 4.69) is 9.97 Å². The van der Waals surface area contributed by atoms with Crippen LogP contribution in [0.1, 0.15) is 22.7 Å². The van der Waals surface area contributed by atoms with Crippen molar-refractivity contribution in [1.29, 1.82) is 0 Å². The largest absolute Gasteiger partial charge is 0.347 e. The first kappa shape index (κ1) is 17.4. The second kappa shape index (κ2) is 6.28. The first-order valence-corrected chi connectivity index (χ1v) is 10.3. The highest BCUT2D eigenvalue weighted by Gasteiger charge is 2.47. The highest BCUT2D eigenvalue weighted by molar-refractivity contribution is 7.91. The van der Waals surface area contributed by atoms with Gasteiger partial charge in [-0.2, -0.15) is 0 Å². The minimum Gasteiger partial charge on any atom is -0.347 e. The molecule has 1 fully saturated rings. The summed E-state index contributed by atoms with van der Waals surface area (Å²) < 4.78 is 39.5. The molecule has 26 heavy (non-hydrogen) atoms. The van der Waals surface area contributed by atoms with Crippen molar-refractivity contribution in [2.45, 2.75) is 23.5 Å². The average Bonchev–Trinajstić information content (AvgIpc) is 3.01. The quantitative estimate of drug-likeness (QED) is 0.810. The van der Waals surface area contributed by atoms with Crippen LogP contribution >= 0.6 is 0 Å². The number of benzene rings is 1. The molecule has 4 rings (SSSR count). The molecule has 0 bridgehead atoms. The summed E-state index contributed by atoms with van der Waals surface area (Å²) >= 11 is 0. The highest BCUT2D eigenvalue weighted by atomic mass is 32.2. The molecule has 0 unspecified atom stereocenters. The van der Waals surface area contributed by atoms with E-state index in [0.717, 1.165) is 5.69 Å². The fourth-order valence-corrected chi connectivity index (χ4v) is 5.88. The van der Waals surface area contributed by atoms with E-state index < -0.39 is 15.1 Å². The van der Waals surface area contributed by atoms with Crippen molar-refractivity contribution in [3.05, 3.63) is 53.1 Å². The van der Waals surface area contributed by atoms with Crippen LogP contribution in [-0.2, 0) is 22.1 Å². The predicted octanol–water partition coefficient (Wildman–Crippen LogP) is 1.58. The molecule has 2 aliphatic rings. The Hall–Kier alpha value is -2.06. The fraction of sp³-hybridized carbons (Fsp3) is 0.444. The Balaban J connectivity index is 1.67. The molecule has 0 amide bonds. The Morgan fingerprint density at radius 3 is 2.77 bits per heavy atom. The maximum absolute atomic E-state index is 14.0. The smallest absolute Gasteiger partial charge is 0.225 e. The summed E-state index contributed by atoms with van der Waals surface area (Å²) in [6, 6.07) is 6.63. The zero-order chi connectivity index (χ0) is 18.5. The van der Waals surface area contributed by atoms with Crippen molar-refractivity contribution in [1.82, 2.24) is 14.9 Å². The SMILES string of the molecule is CN(C)c1ncc2c(n1)[C@H]1CN(Cc3ccccc3F)C[C@H]1S(=O)(=O)C2. The van der Waals surface area contributed by atoms with Crippen molar-refractivity contribution in [2.24, 2.45) is 0 Å². The number of halogens is 1. The molecular formula is C18H21FN4O2S. The number of hydrogen-bond donors (Lipinski definition) is 0. The molecule has 2 atom stereocenters. The lowest BCUT2D eigenvalue weighted by Crippen LogP contribution is -2.35. The van der Waals surface area contributed by atoms with Gasteiger partial charge >= 0.3 is 0 Å². The van der Waals surface area contributed by atoms with Gasteiger partial charge in [0.25, 0.3) is 0 Å². The number of fused-ring (bicyclic) bond motifs is 3. The molecule has 1 aromatic carbocycles. The maximum Gasteiger partial charge on any atom is 0.225 e. The van der Waals surface area contributed by atoms with E-state index in [1.807, 2.05) is 23.9 Å². The zero-order valence-corrected chi connectivity index (χ0v) is 15.6. The first-order valence-electron chi connectivity index (χ1n) is 8.55. The van der Waals surface area contributed by atoms with Gasteiger partial charge in [0, 0.05) is 57.0 Å². The van der Waals surface area contributed by atoms with E-state index in [9.17, 15) is 12.8 Å². The van der Waals surface area contributed by atoms with Crippen LogP contribution in [0.4, 0.5) is 10.3 Å². The maximum atomic E-state index is 14.0. The highest BCUT2D eigenvalue weighted by Crippen LogP contribution is 2.40. The summed E-state index contributed by atoms with van der Waals surface area (Å²) in [6.07, 6.45) is 1.63. The molecule has 1 saturated heterocycles. The second-order valence-corrected chi connectivity index (χ2v) is 9.43. The van der Waals surface area contributed by atoms with Gasteiger partial charge in [-0.1, -0.05) is 18.2 Å². The number of sulfone groups is 1. The third-order valence-corrected chi connectivity index (χ3v) is 7.26. The Labute approximate surface area is 152 Å². The van der Waals surface area contributed by atoms with Crippen LogP contribution in [0.15, 0.2) is 30.5 Å². The molecule has 2 aromatic rings. The Kier molecular flexibility index (Phi) is 4.19. The molecule has 6 nitrogen and oxygen atoms in total. The van der Waals surface area contributed by atoms with Crippen LogP contribution < -0.4 is 4.90 Å². The van der Waals surface area contributed by atoms with Gasteiger partial charge in [-0.15, -0.1) is 0 Å². The molecule has 138 valence electrons. The number of nitrogens with zero attached hydrogens (tertiary/aromatic N) is 4. The summed E-state index contributed by atoms with van der Waals surface area (Å²) in [5.74, 6) is 0.0968. The van der Waals surface area contributed by atoms with Crippen molar-refractivity contribution >= 4 is 15.8 Å². The van der Waals surface area contributed by atoms with E-state index in [4.69, 9.17) is 0 Å². The normalized spacial score (nSPS) is 24.1. The van der Waals surface area contributed by atoms with Crippen LogP contribution in [0.25, 0.3) is 0 Å². The van der Waals surface area contributed by atoms with Gasteiger partial charge in [0.05, 0.1) is 16.7 Å². The monoisotopic (exact) mass is 376 g/mol. The second-order valence-electron chi connectivity index (χ2n) is 7.21. The third-order valence-electron chi connectivity index (χ3n) is 5.15. The number of hydrogen-bond acceptors (Lipinski definition) is 6. The van der Waals surface area contributed by atoms with Gasteiger partial charge < -0.3 is 4.90 Å². The van der Waals surface area contributed by atoms with E-state index in [1.54, 1.807) is 24.4 Å². The van der Waals surface area contributed by atoms with Crippen LogP contribution in [0, 0.1) is 5.82 Å². The summed E-state index contributed by atoms with van der Waals surface area (Å²) in [5, 5.41) is -0.494. The number of aromatic nitrogens is 2. The summed E-state index contributed by atoms with van der Waals surface area (Å²) in [5.41, 5.74) is 2.09. The number of rotatable bonds is 3. The Morgan fingerprint density at radius 1 is 1.27 bits per heavy atom.